The highest BCUT2D eigenvalue weighted by Crippen LogP contribution is 2.25. The Morgan fingerprint density at radius 2 is 1.80 bits per heavy atom. The van der Waals surface area contributed by atoms with Gasteiger partial charge in [0, 0.05) is 12.1 Å². The van der Waals surface area contributed by atoms with E-state index in [2.05, 4.69) is 5.32 Å². The van der Waals surface area contributed by atoms with Crippen molar-refractivity contribution < 1.29 is 22.4 Å². The standard InChI is InChI=1S/C25H33ClFN3O4S/c1-7-22(24(32)28-25(3,4)5)29(15-18-10-8-9-17(2)13-18)23(31)16-30(35(6,33)34)19-11-12-21(27)20(26)14-19/h8-14,22H,7,15-16H2,1-6H3,(H,28,32). The molecule has 10 heteroatoms. The second kappa shape index (κ2) is 11.4. The molecule has 2 amide bonds. The van der Waals surface area contributed by atoms with E-state index in [1.54, 1.807) is 6.92 Å². The predicted molar refractivity (Wildman–Crippen MR) is 137 cm³/mol. The van der Waals surface area contributed by atoms with E-state index in [1.165, 1.54) is 11.0 Å². The molecule has 0 heterocycles. The average Bonchev–Trinajstić information content (AvgIpc) is 2.71. The molecule has 0 fully saturated rings. The number of carbonyl (C=O) groups is 2. The zero-order valence-corrected chi connectivity index (χ0v) is 22.5. The molecule has 2 aromatic carbocycles. The van der Waals surface area contributed by atoms with E-state index >= 15 is 0 Å². The fourth-order valence-electron chi connectivity index (χ4n) is 3.63. The number of aryl methyl sites for hydroxylation is 1. The molecule has 7 nitrogen and oxygen atoms in total. The first kappa shape index (κ1) is 28.6. The summed E-state index contributed by atoms with van der Waals surface area (Å²) in [6, 6.07) is 10.1. The Morgan fingerprint density at radius 3 is 2.31 bits per heavy atom. The molecule has 2 aromatic rings. The minimum absolute atomic E-state index is 0.0509. The van der Waals surface area contributed by atoms with Gasteiger partial charge in [0.15, 0.2) is 0 Å². The molecule has 2 rings (SSSR count). The topological polar surface area (TPSA) is 86.8 Å². The number of anilines is 1. The second-order valence-electron chi connectivity index (χ2n) is 9.54. The number of rotatable bonds is 9. The number of nitrogens with zero attached hydrogens (tertiary/aromatic N) is 2. The molecule has 0 aliphatic rings. The van der Waals surface area contributed by atoms with Crippen LogP contribution in [0.3, 0.4) is 0 Å². The number of nitrogens with one attached hydrogen (secondary N) is 1. The van der Waals surface area contributed by atoms with Gasteiger partial charge in [0.25, 0.3) is 0 Å². The maximum Gasteiger partial charge on any atom is 0.244 e. The Kier molecular flexibility index (Phi) is 9.30. The van der Waals surface area contributed by atoms with Crippen molar-refractivity contribution in [1.82, 2.24) is 10.2 Å². The monoisotopic (exact) mass is 525 g/mol. The molecule has 0 spiro atoms. The van der Waals surface area contributed by atoms with Gasteiger partial charge in [-0.1, -0.05) is 48.4 Å². The first-order chi connectivity index (χ1) is 16.1. The van der Waals surface area contributed by atoms with Crippen LogP contribution in [-0.2, 0) is 26.2 Å². The van der Waals surface area contributed by atoms with Gasteiger partial charge in [0.05, 0.1) is 17.0 Å². The third kappa shape index (κ3) is 8.21. The van der Waals surface area contributed by atoms with Crippen LogP contribution in [0.25, 0.3) is 0 Å². The molecular formula is C25H33ClFN3O4S. The highest BCUT2D eigenvalue weighted by molar-refractivity contribution is 7.92. The molecule has 0 saturated carbocycles. The lowest BCUT2D eigenvalue weighted by Gasteiger charge is -2.34. The van der Waals surface area contributed by atoms with E-state index in [0.29, 0.717) is 6.42 Å². The predicted octanol–water partition coefficient (Wildman–Crippen LogP) is 4.28. The summed E-state index contributed by atoms with van der Waals surface area (Å²) in [7, 11) is -3.93. The van der Waals surface area contributed by atoms with Gasteiger partial charge < -0.3 is 10.2 Å². The number of halogens is 2. The molecule has 192 valence electrons. The van der Waals surface area contributed by atoms with Gasteiger partial charge in [-0.3, -0.25) is 13.9 Å². The van der Waals surface area contributed by atoms with E-state index in [4.69, 9.17) is 11.6 Å². The lowest BCUT2D eigenvalue weighted by molar-refractivity contribution is -0.141. The Labute approximate surface area is 212 Å². The Balaban J connectivity index is 2.48. The number of hydrogen-bond acceptors (Lipinski definition) is 4. The van der Waals surface area contributed by atoms with Crippen LogP contribution in [0.15, 0.2) is 42.5 Å². The second-order valence-corrected chi connectivity index (χ2v) is 11.9. The van der Waals surface area contributed by atoms with Crippen molar-refractivity contribution >= 4 is 39.1 Å². The summed E-state index contributed by atoms with van der Waals surface area (Å²) in [6.07, 6.45) is 1.27. The maximum absolute atomic E-state index is 13.7. The minimum Gasteiger partial charge on any atom is -0.350 e. The zero-order chi connectivity index (χ0) is 26.6. The van der Waals surface area contributed by atoms with Crippen molar-refractivity contribution in [3.8, 4) is 0 Å². The third-order valence-corrected chi connectivity index (χ3v) is 6.62. The molecule has 0 radical (unpaired) electrons. The van der Waals surface area contributed by atoms with Gasteiger partial charge in [0.1, 0.15) is 18.4 Å². The molecular weight excluding hydrogens is 493 g/mol. The van der Waals surface area contributed by atoms with E-state index in [0.717, 1.165) is 33.8 Å². The van der Waals surface area contributed by atoms with Crippen molar-refractivity contribution in [2.24, 2.45) is 0 Å². The van der Waals surface area contributed by atoms with E-state index in [-0.39, 0.29) is 23.2 Å². The summed E-state index contributed by atoms with van der Waals surface area (Å²) >= 11 is 5.86. The summed E-state index contributed by atoms with van der Waals surface area (Å²) in [5, 5.41) is 2.64. The van der Waals surface area contributed by atoms with Gasteiger partial charge in [-0.05, 0) is 57.9 Å². The van der Waals surface area contributed by atoms with Crippen molar-refractivity contribution in [3.05, 3.63) is 64.4 Å². The fourth-order valence-corrected chi connectivity index (χ4v) is 4.65. The van der Waals surface area contributed by atoms with Crippen LogP contribution < -0.4 is 9.62 Å². The van der Waals surface area contributed by atoms with Crippen LogP contribution in [-0.4, -0.2) is 49.5 Å². The van der Waals surface area contributed by atoms with Crippen LogP contribution in [0.2, 0.25) is 5.02 Å². The zero-order valence-electron chi connectivity index (χ0n) is 20.9. The first-order valence-electron chi connectivity index (χ1n) is 11.2. The molecule has 1 atom stereocenters. The van der Waals surface area contributed by atoms with Gasteiger partial charge in [0.2, 0.25) is 21.8 Å². The number of carbonyl (C=O) groups excluding carboxylic acids is 2. The Bertz CT molecular complexity index is 1180. The summed E-state index contributed by atoms with van der Waals surface area (Å²) in [5.41, 5.74) is 1.32. The Morgan fingerprint density at radius 1 is 1.14 bits per heavy atom. The number of sulfonamides is 1. The lowest BCUT2D eigenvalue weighted by Crippen LogP contribution is -2.55. The normalized spacial score (nSPS) is 12.7. The van der Waals surface area contributed by atoms with E-state index < -0.39 is 39.9 Å². The SMILES string of the molecule is CCC(C(=O)NC(C)(C)C)N(Cc1cccc(C)c1)C(=O)CN(c1ccc(F)c(Cl)c1)S(C)(=O)=O. The number of benzene rings is 2. The fraction of sp³-hybridized carbons (Fsp3) is 0.440. The molecule has 1 unspecified atom stereocenters. The van der Waals surface area contributed by atoms with Crippen LogP contribution in [0.1, 0.15) is 45.2 Å². The highest BCUT2D eigenvalue weighted by Gasteiger charge is 2.33. The molecule has 0 aromatic heterocycles. The molecule has 1 N–H and O–H groups in total. The van der Waals surface area contributed by atoms with Crippen molar-refractivity contribution in [2.75, 3.05) is 17.1 Å². The molecule has 0 saturated heterocycles. The molecule has 35 heavy (non-hydrogen) atoms. The smallest absolute Gasteiger partial charge is 0.244 e. The molecule has 0 bridgehead atoms. The summed E-state index contributed by atoms with van der Waals surface area (Å²) in [4.78, 5) is 28.1. The maximum atomic E-state index is 13.7. The van der Waals surface area contributed by atoms with E-state index in [1.807, 2.05) is 52.0 Å². The minimum atomic E-state index is -3.93. The first-order valence-corrected chi connectivity index (χ1v) is 13.4. The van der Waals surface area contributed by atoms with Gasteiger partial charge >= 0.3 is 0 Å². The summed E-state index contributed by atoms with van der Waals surface area (Å²) in [6.45, 7) is 8.76. The number of hydrogen-bond donors (Lipinski definition) is 1. The average molecular weight is 526 g/mol. The van der Waals surface area contributed by atoms with Gasteiger partial charge in [-0.2, -0.15) is 0 Å². The van der Waals surface area contributed by atoms with Crippen LogP contribution >= 0.6 is 11.6 Å². The molecule has 0 aliphatic heterocycles. The van der Waals surface area contributed by atoms with Crippen molar-refractivity contribution in [3.63, 3.8) is 0 Å². The van der Waals surface area contributed by atoms with Crippen LogP contribution in [0, 0.1) is 12.7 Å². The number of amides is 2. The van der Waals surface area contributed by atoms with Crippen LogP contribution in [0.4, 0.5) is 10.1 Å². The van der Waals surface area contributed by atoms with Gasteiger partial charge in [-0.15, -0.1) is 0 Å². The highest BCUT2D eigenvalue weighted by atomic mass is 35.5. The third-order valence-electron chi connectivity index (χ3n) is 5.19. The largest absolute Gasteiger partial charge is 0.350 e. The summed E-state index contributed by atoms with van der Waals surface area (Å²) in [5.74, 6) is -1.62. The van der Waals surface area contributed by atoms with Crippen LogP contribution in [0.5, 0.6) is 0 Å². The lowest BCUT2D eigenvalue weighted by atomic mass is 10.0. The quantitative estimate of drug-likeness (QED) is 0.529. The van der Waals surface area contributed by atoms with Crippen molar-refractivity contribution in [1.29, 1.82) is 0 Å². The summed E-state index contributed by atoms with van der Waals surface area (Å²) < 4.78 is 39.7. The van der Waals surface area contributed by atoms with Crippen molar-refractivity contribution in [2.45, 2.75) is 59.2 Å². The van der Waals surface area contributed by atoms with E-state index in [9.17, 15) is 22.4 Å². The Hall–Kier alpha value is -2.65. The molecule has 0 aliphatic carbocycles. The van der Waals surface area contributed by atoms with Gasteiger partial charge in [-0.25, -0.2) is 12.8 Å².